The van der Waals surface area contributed by atoms with E-state index in [1.165, 1.54) is 4.90 Å². The fourth-order valence-electron chi connectivity index (χ4n) is 4.48. The highest BCUT2D eigenvalue weighted by atomic mass is 16.6. The number of ketones is 1. The summed E-state index contributed by atoms with van der Waals surface area (Å²) in [5, 5.41) is 11.4. The lowest BCUT2D eigenvalue weighted by atomic mass is 9.95. The van der Waals surface area contributed by atoms with Crippen LogP contribution >= 0.6 is 0 Å². The van der Waals surface area contributed by atoms with E-state index in [1.807, 2.05) is 61.5 Å². The van der Waals surface area contributed by atoms with Crippen LogP contribution in [0, 0.1) is 0 Å². The van der Waals surface area contributed by atoms with Crippen molar-refractivity contribution in [3.05, 3.63) is 95.1 Å². The minimum atomic E-state index is -0.765. The van der Waals surface area contributed by atoms with E-state index in [2.05, 4.69) is 0 Å². The van der Waals surface area contributed by atoms with Gasteiger partial charge in [-0.25, -0.2) is 0 Å². The van der Waals surface area contributed by atoms with Gasteiger partial charge in [0.15, 0.2) is 11.5 Å². The normalized spacial score (nSPS) is 18.4. The molecule has 0 spiro atoms. The fraction of sp³-hybridized carbons (Fsp3) is 0.241. The number of benzene rings is 3. The highest BCUT2D eigenvalue weighted by Crippen LogP contribution is 2.42. The number of ether oxygens (including phenoxy) is 3. The second kappa shape index (κ2) is 10.2. The van der Waals surface area contributed by atoms with Crippen LogP contribution in [-0.4, -0.2) is 41.5 Å². The Hall–Kier alpha value is -4.26. The van der Waals surface area contributed by atoms with E-state index in [0.29, 0.717) is 48.2 Å². The van der Waals surface area contributed by atoms with Crippen LogP contribution in [0.5, 0.6) is 17.2 Å². The number of Topliss-reactive ketones (excluding diaryl/α,β-unsaturated/α-hetero) is 1. The Kier molecular flexibility index (Phi) is 6.62. The van der Waals surface area contributed by atoms with E-state index in [4.69, 9.17) is 14.2 Å². The fourth-order valence-corrected chi connectivity index (χ4v) is 4.48. The topological polar surface area (TPSA) is 85.3 Å². The van der Waals surface area contributed by atoms with Gasteiger partial charge in [-0.05, 0) is 47.9 Å². The maximum Gasteiger partial charge on any atom is 0.295 e. The van der Waals surface area contributed by atoms with Crippen LogP contribution in [0.15, 0.2) is 78.4 Å². The highest BCUT2D eigenvalue weighted by molar-refractivity contribution is 6.46. The number of nitrogens with zero attached hydrogens (tertiary/aromatic N) is 1. The van der Waals surface area contributed by atoms with Gasteiger partial charge in [0.1, 0.15) is 24.7 Å². The average molecular weight is 486 g/mol. The zero-order valence-corrected chi connectivity index (χ0v) is 20.0. The van der Waals surface area contributed by atoms with Crippen LogP contribution in [-0.2, 0) is 16.1 Å². The number of carbonyl (C=O) groups is 2. The minimum Gasteiger partial charge on any atom is -0.507 e. The molecule has 1 fully saturated rings. The van der Waals surface area contributed by atoms with Gasteiger partial charge in [0, 0.05) is 12.1 Å². The van der Waals surface area contributed by atoms with Gasteiger partial charge in [-0.2, -0.15) is 0 Å². The molecule has 0 unspecified atom stereocenters. The summed E-state index contributed by atoms with van der Waals surface area (Å²) in [6, 6.07) is 21.0. The molecule has 1 atom stereocenters. The molecule has 36 heavy (non-hydrogen) atoms. The molecule has 2 aliphatic heterocycles. The predicted octanol–water partition coefficient (Wildman–Crippen LogP) is 4.87. The molecule has 2 aliphatic rings. The van der Waals surface area contributed by atoms with Crippen molar-refractivity contribution < 1.29 is 28.9 Å². The first-order valence-electron chi connectivity index (χ1n) is 12.0. The molecule has 1 N–H and O–H groups in total. The van der Waals surface area contributed by atoms with Gasteiger partial charge in [-0.1, -0.05) is 49.4 Å². The molecule has 3 aromatic carbocycles. The third-order valence-corrected chi connectivity index (χ3v) is 6.22. The Morgan fingerprint density at radius 1 is 0.972 bits per heavy atom. The number of hydrogen-bond acceptors (Lipinski definition) is 6. The maximum atomic E-state index is 13.3. The molecule has 1 amide bonds. The van der Waals surface area contributed by atoms with E-state index in [-0.39, 0.29) is 17.9 Å². The first-order chi connectivity index (χ1) is 17.6. The van der Waals surface area contributed by atoms with Crippen molar-refractivity contribution in [3.63, 3.8) is 0 Å². The number of rotatable bonds is 7. The largest absolute Gasteiger partial charge is 0.507 e. The van der Waals surface area contributed by atoms with E-state index >= 15 is 0 Å². The highest BCUT2D eigenvalue weighted by Gasteiger charge is 2.46. The summed E-state index contributed by atoms with van der Waals surface area (Å²) in [5.74, 6) is 0.118. The number of aliphatic hydroxyl groups excluding tert-OH is 1. The molecule has 0 saturated carbocycles. The summed E-state index contributed by atoms with van der Waals surface area (Å²) in [7, 11) is 0. The lowest BCUT2D eigenvalue weighted by Crippen LogP contribution is -2.29. The molecule has 0 bridgehead atoms. The van der Waals surface area contributed by atoms with Crippen LogP contribution in [0.2, 0.25) is 0 Å². The predicted molar refractivity (Wildman–Crippen MR) is 134 cm³/mol. The van der Waals surface area contributed by atoms with Crippen LogP contribution in [0.3, 0.4) is 0 Å². The smallest absolute Gasteiger partial charge is 0.295 e. The second-order valence-corrected chi connectivity index (χ2v) is 8.69. The van der Waals surface area contributed by atoms with Crippen molar-refractivity contribution in [2.75, 3.05) is 19.8 Å². The molecule has 1 saturated heterocycles. The van der Waals surface area contributed by atoms with E-state index in [0.717, 1.165) is 12.0 Å². The molecule has 184 valence electrons. The Morgan fingerprint density at radius 2 is 1.69 bits per heavy atom. The molecule has 0 radical (unpaired) electrons. The van der Waals surface area contributed by atoms with Crippen LogP contribution in [0.4, 0.5) is 0 Å². The van der Waals surface area contributed by atoms with Crippen molar-refractivity contribution in [2.45, 2.75) is 25.9 Å². The molecule has 2 heterocycles. The number of fused-ring (bicyclic) bond motifs is 1. The van der Waals surface area contributed by atoms with Gasteiger partial charge in [0.25, 0.3) is 11.7 Å². The third kappa shape index (κ3) is 4.52. The zero-order chi connectivity index (χ0) is 25.1. The van der Waals surface area contributed by atoms with Gasteiger partial charge < -0.3 is 24.2 Å². The lowest BCUT2D eigenvalue weighted by molar-refractivity contribution is -0.140. The average Bonchev–Trinajstić information content (AvgIpc) is 3.17. The van der Waals surface area contributed by atoms with E-state index < -0.39 is 17.7 Å². The Bertz CT molecular complexity index is 1300. The number of aliphatic hydroxyl groups is 1. The monoisotopic (exact) mass is 485 g/mol. The molecule has 7 heteroatoms. The standard InChI is InChI=1S/C29H27NO6/c1-2-14-34-22-11-8-20(9-12-22)26-25(27(31)21-10-13-23-24(17-21)36-16-15-35-23)28(32)29(33)30(26)18-19-6-4-3-5-7-19/h3-13,17,26,31H,2,14-16,18H2,1H3/b27-25+/t26-/m1/s1. The van der Waals surface area contributed by atoms with E-state index in [1.54, 1.807) is 18.2 Å². The molecule has 3 aromatic rings. The Labute approximate surface area is 209 Å². The van der Waals surface area contributed by atoms with Crippen LogP contribution in [0.1, 0.15) is 36.1 Å². The van der Waals surface area contributed by atoms with Crippen LogP contribution < -0.4 is 14.2 Å². The molecule has 0 aliphatic carbocycles. The van der Waals surface area contributed by atoms with E-state index in [9.17, 15) is 14.7 Å². The van der Waals surface area contributed by atoms with Gasteiger partial charge in [-0.15, -0.1) is 0 Å². The first kappa shape index (κ1) is 23.5. The van der Waals surface area contributed by atoms with Crippen molar-refractivity contribution in [1.29, 1.82) is 0 Å². The summed E-state index contributed by atoms with van der Waals surface area (Å²) < 4.78 is 16.9. The minimum absolute atomic E-state index is 0.0369. The Balaban J connectivity index is 1.59. The first-order valence-corrected chi connectivity index (χ1v) is 12.0. The van der Waals surface area contributed by atoms with Crippen molar-refractivity contribution in [2.24, 2.45) is 0 Å². The molecular weight excluding hydrogens is 458 g/mol. The van der Waals surface area contributed by atoms with Gasteiger partial charge >= 0.3 is 0 Å². The SMILES string of the molecule is CCCOc1ccc([C@@H]2/C(=C(\O)c3ccc4c(c3)OCCO4)C(=O)C(=O)N2Cc2ccccc2)cc1. The molecule has 7 nitrogen and oxygen atoms in total. The zero-order valence-electron chi connectivity index (χ0n) is 20.0. The summed E-state index contributed by atoms with van der Waals surface area (Å²) >= 11 is 0. The number of likely N-dealkylation sites (tertiary alicyclic amines) is 1. The summed E-state index contributed by atoms with van der Waals surface area (Å²) in [6.45, 7) is 3.69. The summed E-state index contributed by atoms with van der Waals surface area (Å²) in [6.07, 6.45) is 0.883. The van der Waals surface area contributed by atoms with Gasteiger partial charge in [-0.3, -0.25) is 9.59 Å². The van der Waals surface area contributed by atoms with Crippen molar-refractivity contribution >= 4 is 17.4 Å². The molecule has 5 rings (SSSR count). The maximum absolute atomic E-state index is 13.3. The summed E-state index contributed by atoms with van der Waals surface area (Å²) in [4.78, 5) is 28.1. The second-order valence-electron chi connectivity index (χ2n) is 8.69. The van der Waals surface area contributed by atoms with Gasteiger partial charge in [0.2, 0.25) is 0 Å². The quantitative estimate of drug-likeness (QED) is 0.292. The Morgan fingerprint density at radius 3 is 2.42 bits per heavy atom. The number of amides is 1. The summed E-state index contributed by atoms with van der Waals surface area (Å²) in [5.41, 5.74) is 2.00. The van der Waals surface area contributed by atoms with Crippen molar-refractivity contribution in [1.82, 2.24) is 4.90 Å². The number of hydrogen-bond donors (Lipinski definition) is 1. The van der Waals surface area contributed by atoms with Crippen LogP contribution in [0.25, 0.3) is 5.76 Å². The van der Waals surface area contributed by atoms with Gasteiger partial charge in [0.05, 0.1) is 18.2 Å². The number of carbonyl (C=O) groups excluding carboxylic acids is 2. The lowest BCUT2D eigenvalue weighted by Gasteiger charge is -2.26. The van der Waals surface area contributed by atoms with Crippen molar-refractivity contribution in [3.8, 4) is 17.2 Å². The molecular formula is C29H27NO6. The molecule has 0 aromatic heterocycles. The third-order valence-electron chi connectivity index (χ3n) is 6.22.